The molecule has 4 nitrogen and oxygen atoms in total. The van der Waals surface area contributed by atoms with Gasteiger partial charge in [0.2, 0.25) is 0 Å². The summed E-state index contributed by atoms with van der Waals surface area (Å²) in [7, 11) is 0. The minimum Gasteiger partial charge on any atom is -0.481 e. The molecule has 0 aliphatic carbocycles. The predicted octanol–water partition coefficient (Wildman–Crippen LogP) is 4.68. The average Bonchev–Trinajstić information content (AvgIpc) is 2.21. The van der Waals surface area contributed by atoms with Crippen molar-refractivity contribution in [2.75, 3.05) is 0 Å². The molecule has 0 heterocycles. The van der Waals surface area contributed by atoms with E-state index in [0.29, 0.717) is 12.8 Å². The van der Waals surface area contributed by atoms with Gasteiger partial charge in [-0.1, -0.05) is 55.4 Å². The van der Waals surface area contributed by atoms with Gasteiger partial charge < -0.3 is 10.2 Å². The summed E-state index contributed by atoms with van der Waals surface area (Å²) in [6.07, 6.45) is 0.654. The van der Waals surface area contributed by atoms with Crippen molar-refractivity contribution in [3.63, 3.8) is 0 Å². The molecule has 0 aromatic carbocycles. The first-order chi connectivity index (χ1) is 9.49. The molecule has 22 heavy (non-hydrogen) atoms. The highest BCUT2D eigenvalue weighted by Crippen LogP contribution is 2.56. The van der Waals surface area contributed by atoms with Crippen LogP contribution in [0.15, 0.2) is 0 Å². The summed E-state index contributed by atoms with van der Waals surface area (Å²) < 4.78 is 0. The molecule has 0 saturated carbocycles. The summed E-state index contributed by atoms with van der Waals surface area (Å²) in [6, 6.07) is 0. The molecule has 130 valence electrons. The molecule has 2 N–H and O–H groups in total. The molecule has 0 fully saturated rings. The Kier molecular flexibility index (Phi) is 5.91. The van der Waals surface area contributed by atoms with Crippen LogP contribution in [0, 0.1) is 27.6 Å². The number of carbonyl (C=O) groups is 2. The highest BCUT2D eigenvalue weighted by Gasteiger charge is 2.61. The largest absolute Gasteiger partial charge is 0.481 e. The van der Waals surface area contributed by atoms with Gasteiger partial charge in [-0.25, -0.2) is 0 Å². The molecule has 0 radical (unpaired) electrons. The van der Waals surface area contributed by atoms with Gasteiger partial charge in [0.05, 0.1) is 10.8 Å². The topological polar surface area (TPSA) is 74.6 Å². The Morgan fingerprint density at radius 2 is 1.09 bits per heavy atom. The van der Waals surface area contributed by atoms with Crippen molar-refractivity contribution < 1.29 is 19.8 Å². The van der Waals surface area contributed by atoms with Crippen molar-refractivity contribution in [2.24, 2.45) is 27.6 Å². The number of aliphatic carboxylic acids is 2. The molecule has 0 bridgehead atoms. The quantitative estimate of drug-likeness (QED) is 0.746. The van der Waals surface area contributed by atoms with E-state index in [-0.39, 0.29) is 16.7 Å². The minimum atomic E-state index is -1.33. The van der Waals surface area contributed by atoms with E-state index in [1.54, 1.807) is 20.8 Å². The fourth-order valence-corrected chi connectivity index (χ4v) is 3.62. The van der Waals surface area contributed by atoms with Gasteiger partial charge >= 0.3 is 11.9 Å². The molecule has 1 unspecified atom stereocenters. The van der Waals surface area contributed by atoms with Gasteiger partial charge in [0.1, 0.15) is 0 Å². The van der Waals surface area contributed by atoms with Crippen molar-refractivity contribution in [1.29, 1.82) is 0 Å². The van der Waals surface area contributed by atoms with Gasteiger partial charge in [0, 0.05) is 0 Å². The third-order valence-corrected chi connectivity index (χ3v) is 4.67. The summed E-state index contributed by atoms with van der Waals surface area (Å²) in [5.41, 5.74) is -3.21. The zero-order chi connectivity index (χ0) is 18.1. The van der Waals surface area contributed by atoms with E-state index in [1.165, 1.54) is 0 Å². The molecule has 0 saturated heterocycles. The summed E-state index contributed by atoms with van der Waals surface area (Å²) >= 11 is 0. The lowest BCUT2D eigenvalue weighted by atomic mass is 9.51. The summed E-state index contributed by atoms with van der Waals surface area (Å²) in [5.74, 6) is -2.32. The molecule has 0 aromatic heterocycles. The van der Waals surface area contributed by atoms with Gasteiger partial charge in [-0.15, -0.1) is 0 Å². The van der Waals surface area contributed by atoms with Crippen LogP contribution < -0.4 is 0 Å². The van der Waals surface area contributed by atoms with Crippen LogP contribution in [0.5, 0.6) is 0 Å². The van der Waals surface area contributed by atoms with E-state index < -0.39 is 22.8 Å². The second-order valence-corrected chi connectivity index (χ2v) is 9.52. The average molecular weight is 314 g/mol. The van der Waals surface area contributed by atoms with Crippen molar-refractivity contribution >= 4 is 11.9 Å². The van der Waals surface area contributed by atoms with Gasteiger partial charge in [-0.2, -0.15) is 0 Å². The van der Waals surface area contributed by atoms with Crippen LogP contribution in [-0.2, 0) is 9.59 Å². The van der Waals surface area contributed by atoms with Crippen LogP contribution >= 0.6 is 0 Å². The van der Waals surface area contributed by atoms with E-state index in [9.17, 15) is 19.8 Å². The Bertz CT molecular complexity index is 407. The van der Waals surface area contributed by atoms with E-state index in [1.807, 2.05) is 41.5 Å². The molecular weight excluding hydrogens is 280 g/mol. The molecule has 4 heteroatoms. The smallest absolute Gasteiger partial charge is 0.310 e. The Hall–Kier alpha value is -1.06. The fourth-order valence-electron chi connectivity index (χ4n) is 3.62. The van der Waals surface area contributed by atoms with E-state index >= 15 is 0 Å². The lowest BCUT2D eigenvalue weighted by Gasteiger charge is -2.50. The lowest BCUT2D eigenvalue weighted by Crippen LogP contribution is -2.56. The Morgan fingerprint density at radius 1 is 0.773 bits per heavy atom. The number of carboxylic acid groups (broad SMARTS) is 2. The number of rotatable bonds is 6. The molecule has 0 aliphatic rings. The maximum Gasteiger partial charge on any atom is 0.310 e. The zero-order valence-corrected chi connectivity index (χ0v) is 15.7. The van der Waals surface area contributed by atoms with Crippen LogP contribution in [0.2, 0.25) is 0 Å². The SMILES string of the molecule is CC(C)C(C)(C(=O)O)C(CC(C)(C)C)(CC(C)(C)C)C(=O)O. The number of hydrogen-bond acceptors (Lipinski definition) is 2. The second-order valence-electron chi connectivity index (χ2n) is 9.52. The maximum absolute atomic E-state index is 12.4. The first kappa shape index (κ1) is 20.9. The normalized spacial score (nSPS) is 16.5. The van der Waals surface area contributed by atoms with Gasteiger partial charge in [-0.05, 0) is 36.5 Å². The van der Waals surface area contributed by atoms with Crippen molar-refractivity contribution in [1.82, 2.24) is 0 Å². The first-order valence-electron chi connectivity index (χ1n) is 7.96. The molecular formula is C18H34O4. The summed E-state index contributed by atoms with van der Waals surface area (Å²) in [6.45, 7) is 17.0. The van der Waals surface area contributed by atoms with Crippen LogP contribution in [0.1, 0.15) is 75.2 Å². The first-order valence-corrected chi connectivity index (χ1v) is 7.96. The van der Waals surface area contributed by atoms with Crippen LogP contribution in [-0.4, -0.2) is 22.2 Å². The third kappa shape index (κ3) is 4.23. The standard InChI is InChI=1S/C18H34O4/c1-12(2)17(9,13(19)20)18(14(21)22,10-15(3,4)5)11-16(6,7)8/h12H,10-11H2,1-9H3,(H,19,20)(H,21,22). The van der Waals surface area contributed by atoms with Crippen LogP contribution in [0.4, 0.5) is 0 Å². The Balaban J connectivity index is 6.49. The monoisotopic (exact) mass is 314 g/mol. The molecule has 0 spiro atoms. The maximum atomic E-state index is 12.4. The van der Waals surface area contributed by atoms with Gasteiger partial charge in [-0.3, -0.25) is 9.59 Å². The fraction of sp³-hybridized carbons (Fsp3) is 0.889. The molecule has 0 aromatic rings. The highest BCUT2D eigenvalue weighted by molar-refractivity contribution is 5.86. The van der Waals surface area contributed by atoms with Crippen molar-refractivity contribution in [2.45, 2.75) is 75.2 Å². The zero-order valence-electron chi connectivity index (χ0n) is 15.7. The van der Waals surface area contributed by atoms with Crippen molar-refractivity contribution in [3.05, 3.63) is 0 Å². The predicted molar refractivity (Wildman–Crippen MR) is 88.8 cm³/mol. The molecule has 0 aliphatic heterocycles. The van der Waals surface area contributed by atoms with Crippen molar-refractivity contribution in [3.8, 4) is 0 Å². The molecule has 0 rings (SSSR count). The van der Waals surface area contributed by atoms with E-state index in [0.717, 1.165) is 0 Å². The molecule has 1 atom stereocenters. The Labute approximate surface area is 135 Å². The van der Waals surface area contributed by atoms with E-state index in [4.69, 9.17) is 0 Å². The van der Waals surface area contributed by atoms with Gasteiger partial charge in [0.25, 0.3) is 0 Å². The lowest BCUT2D eigenvalue weighted by molar-refractivity contribution is -0.185. The Morgan fingerprint density at radius 3 is 1.23 bits per heavy atom. The summed E-state index contributed by atoms with van der Waals surface area (Å²) in [4.78, 5) is 24.5. The summed E-state index contributed by atoms with van der Waals surface area (Å²) in [5, 5.41) is 20.0. The molecule has 0 amide bonds. The van der Waals surface area contributed by atoms with E-state index in [2.05, 4.69) is 0 Å². The van der Waals surface area contributed by atoms with Gasteiger partial charge in [0.15, 0.2) is 0 Å². The second kappa shape index (κ2) is 6.21. The number of carboxylic acids is 2. The highest BCUT2D eigenvalue weighted by atomic mass is 16.4. The van der Waals surface area contributed by atoms with Crippen LogP contribution in [0.3, 0.4) is 0 Å². The third-order valence-electron chi connectivity index (χ3n) is 4.67. The minimum absolute atomic E-state index is 0.282. The van der Waals surface area contributed by atoms with Crippen LogP contribution in [0.25, 0.3) is 0 Å². The number of hydrogen-bond donors (Lipinski definition) is 2.